The van der Waals surface area contributed by atoms with Crippen LogP contribution in [0.2, 0.25) is 0 Å². The number of hydrogen-bond donors (Lipinski definition) is 0. The highest BCUT2D eigenvalue weighted by atomic mass is 32.2. The molecule has 4 nitrogen and oxygen atoms in total. The van der Waals surface area contributed by atoms with Gasteiger partial charge in [-0.15, -0.1) is 0 Å². The molecule has 0 aliphatic rings. The van der Waals surface area contributed by atoms with E-state index < -0.39 is 15.6 Å². The van der Waals surface area contributed by atoms with E-state index in [2.05, 4.69) is 35.8 Å². The van der Waals surface area contributed by atoms with Gasteiger partial charge in [-0.3, -0.25) is 0 Å². The first kappa shape index (κ1) is 17.1. The molecule has 0 unspecified atom stereocenters. The second-order valence-corrected chi connectivity index (χ2v) is 5.39. The van der Waals surface area contributed by atoms with Crippen molar-refractivity contribution in [2.24, 2.45) is 0 Å². The summed E-state index contributed by atoms with van der Waals surface area (Å²) in [5.41, 5.74) is -3.15. The van der Waals surface area contributed by atoms with Gasteiger partial charge in [0, 0.05) is 24.3 Å². The Labute approximate surface area is 120 Å². The van der Waals surface area contributed by atoms with Crippen molar-refractivity contribution in [3.8, 4) is 5.69 Å². The lowest BCUT2D eigenvalue weighted by atomic mass is 10.2. The third-order valence-electron chi connectivity index (χ3n) is 2.33. The summed E-state index contributed by atoms with van der Waals surface area (Å²) in [6.45, 7) is 2.10. The molecule has 0 N–H and O–H groups in total. The standard InChI is InChI=1S/C12H12N.CHF3O3S/c1-11-5-7-12(8-6-11)13-9-3-2-4-10-13;2-1(3,4)8(5,6)7/h2-10H,1H3;(H,5,6,7)/q+1;/p-1. The summed E-state index contributed by atoms with van der Waals surface area (Å²) in [6.07, 6.45) is 4.09. The molecule has 1 heterocycles. The topological polar surface area (TPSA) is 61.1 Å². The molecule has 0 atom stereocenters. The van der Waals surface area contributed by atoms with Crippen LogP contribution < -0.4 is 4.57 Å². The fourth-order valence-electron chi connectivity index (χ4n) is 1.29. The molecule has 1 aromatic heterocycles. The maximum absolute atomic E-state index is 10.7. The van der Waals surface area contributed by atoms with Crippen LogP contribution in [0.1, 0.15) is 5.56 Å². The van der Waals surface area contributed by atoms with Crippen LogP contribution in [0.25, 0.3) is 5.69 Å². The van der Waals surface area contributed by atoms with E-state index in [1.807, 2.05) is 30.6 Å². The number of hydrogen-bond acceptors (Lipinski definition) is 3. The zero-order valence-corrected chi connectivity index (χ0v) is 11.7. The molecule has 0 saturated carbocycles. The van der Waals surface area contributed by atoms with Crippen LogP contribution in [0, 0.1) is 6.92 Å². The van der Waals surface area contributed by atoms with Gasteiger partial charge in [-0.05, 0) is 6.92 Å². The fourth-order valence-corrected chi connectivity index (χ4v) is 1.29. The summed E-state index contributed by atoms with van der Waals surface area (Å²) >= 11 is 0. The number of nitrogens with zero attached hydrogens (tertiary/aromatic N) is 1. The molecule has 0 saturated heterocycles. The number of pyridine rings is 1. The van der Waals surface area contributed by atoms with E-state index in [9.17, 15) is 13.2 Å². The molecule has 0 bridgehead atoms. The van der Waals surface area contributed by atoms with Crippen molar-refractivity contribution < 1.29 is 30.7 Å². The minimum Gasteiger partial charge on any atom is -0.741 e. The van der Waals surface area contributed by atoms with Crippen molar-refractivity contribution >= 4 is 10.1 Å². The van der Waals surface area contributed by atoms with Crippen LogP contribution in [0.15, 0.2) is 54.9 Å². The van der Waals surface area contributed by atoms with Crippen molar-refractivity contribution in [3.63, 3.8) is 0 Å². The Morgan fingerprint density at radius 1 is 1.00 bits per heavy atom. The Balaban J connectivity index is 0.000000240. The molecule has 114 valence electrons. The highest BCUT2D eigenvalue weighted by Gasteiger charge is 2.36. The van der Waals surface area contributed by atoms with Crippen LogP contribution in [-0.2, 0) is 10.1 Å². The van der Waals surface area contributed by atoms with Crippen LogP contribution in [0.3, 0.4) is 0 Å². The van der Waals surface area contributed by atoms with Crippen LogP contribution >= 0.6 is 0 Å². The van der Waals surface area contributed by atoms with Crippen molar-refractivity contribution in [1.29, 1.82) is 0 Å². The highest BCUT2D eigenvalue weighted by molar-refractivity contribution is 7.86. The molecular formula is C13H12F3NO3S. The van der Waals surface area contributed by atoms with E-state index in [0.29, 0.717) is 0 Å². The molecule has 0 spiro atoms. The molecule has 2 aromatic rings. The molecule has 2 rings (SSSR count). The Kier molecular flexibility index (Phi) is 5.45. The van der Waals surface area contributed by atoms with Gasteiger partial charge in [0.05, 0.1) is 0 Å². The Hall–Kier alpha value is -1.93. The second kappa shape index (κ2) is 6.68. The van der Waals surface area contributed by atoms with Gasteiger partial charge in [-0.1, -0.05) is 23.8 Å². The molecule has 0 aliphatic carbocycles. The van der Waals surface area contributed by atoms with Crippen LogP contribution in [0.5, 0.6) is 0 Å². The van der Waals surface area contributed by atoms with Gasteiger partial charge in [0.2, 0.25) is 5.69 Å². The quantitative estimate of drug-likeness (QED) is 0.460. The average molecular weight is 319 g/mol. The first-order chi connectivity index (χ1) is 9.61. The van der Waals surface area contributed by atoms with E-state index in [1.165, 1.54) is 11.3 Å². The minimum atomic E-state index is -6.09. The number of alkyl halides is 3. The summed E-state index contributed by atoms with van der Waals surface area (Å²) in [5, 5.41) is 0. The third-order valence-corrected chi connectivity index (χ3v) is 2.90. The maximum Gasteiger partial charge on any atom is 0.485 e. The van der Waals surface area contributed by atoms with E-state index in [-0.39, 0.29) is 0 Å². The van der Waals surface area contributed by atoms with E-state index in [1.54, 1.807) is 0 Å². The first-order valence-electron chi connectivity index (χ1n) is 5.67. The molecular weight excluding hydrogens is 307 g/mol. The average Bonchev–Trinajstić information content (AvgIpc) is 2.39. The zero-order valence-electron chi connectivity index (χ0n) is 10.9. The maximum atomic E-state index is 10.7. The SMILES string of the molecule is Cc1ccc(-[n+]2ccccc2)cc1.O=S(=O)([O-])C(F)(F)F. The van der Waals surface area contributed by atoms with Gasteiger partial charge in [0.25, 0.3) is 0 Å². The fraction of sp³-hybridized carbons (Fsp3) is 0.154. The lowest BCUT2D eigenvalue weighted by Gasteiger charge is -2.08. The van der Waals surface area contributed by atoms with Crippen molar-refractivity contribution in [1.82, 2.24) is 0 Å². The van der Waals surface area contributed by atoms with E-state index in [0.717, 1.165) is 0 Å². The Morgan fingerprint density at radius 3 is 1.81 bits per heavy atom. The molecule has 21 heavy (non-hydrogen) atoms. The van der Waals surface area contributed by atoms with E-state index >= 15 is 0 Å². The van der Waals surface area contributed by atoms with Crippen molar-refractivity contribution in [3.05, 3.63) is 60.4 Å². The monoisotopic (exact) mass is 319 g/mol. The van der Waals surface area contributed by atoms with Crippen molar-refractivity contribution in [2.45, 2.75) is 12.4 Å². The van der Waals surface area contributed by atoms with E-state index in [4.69, 9.17) is 13.0 Å². The molecule has 8 heteroatoms. The highest BCUT2D eigenvalue weighted by Crippen LogP contribution is 2.20. The molecule has 0 radical (unpaired) electrons. The number of benzene rings is 1. The summed E-state index contributed by atoms with van der Waals surface area (Å²) in [4.78, 5) is 0. The van der Waals surface area contributed by atoms with Crippen LogP contribution in [-0.4, -0.2) is 18.5 Å². The molecule has 0 amide bonds. The van der Waals surface area contributed by atoms with Gasteiger partial charge in [0.1, 0.15) is 0 Å². The first-order valence-corrected chi connectivity index (χ1v) is 7.07. The lowest BCUT2D eigenvalue weighted by molar-refractivity contribution is -0.595. The van der Waals surface area contributed by atoms with Gasteiger partial charge in [-0.25, -0.2) is 8.42 Å². The van der Waals surface area contributed by atoms with Gasteiger partial charge in [-0.2, -0.15) is 17.7 Å². The van der Waals surface area contributed by atoms with Gasteiger partial charge >= 0.3 is 5.51 Å². The minimum absolute atomic E-state index is 1.20. The zero-order chi connectivity index (χ0) is 16.1. The predicted octanol–water partition coefficient (Wildman–Crippen LogP) is 2.32. The van der Waals surface area contributed by atoms with Gasteiger partial charge in [0.15, 0.2) is 22.5 Å². The summed E-state index contributed by atoms with van der Waals surface area (Å²) in [6, 6.07) is 14.6. The van der Waals surface area contributed by atoms with Crippen LogP contribution in [0.4, 0.5) is 13.2 Å². The summed E-state index contributed by atoms with van der Waals surface area (Å²) in [5.74, 6) is 0. The number of halogens is 3. The predicted molar refractivity (Wildman–Crippen MR) is 68.5 cm³/mol. The largest absolute Gasteiger partial charge is 0.741 e. The number of rotatable bonds is 1. The smallest absolute Gasteiger partial charge is 0.485 e. The number of aromatic nitrogens is 1. The summed E-state index contributed by atoms with van der Waals surface area (Å²) < 4.78 is 61.0. The third kappa shape index (κ3) is 5.52. The second-order valence-electron chi connectivity index (χ2n) is 4.02. The Morgan fingerprint density at radius 2 is 1.43 bits per heavy atom. The van der Waals surface area contributed by atoms with Gasteiger partial charge < -0.3 is 4.55 Å². The normalized spacial score (nSPS) is 11.5. The number of aryl methyl sites for hydroxylation is 1. The summed E-state index contributed by atoms with van der Waals surface area (Å²) in [7, 11) is -6.09. The molecule has 0 fully saturated rings. The van der Waals surface area contributed by atoms with Crippen molar-refractivity contribution in [2.75, 3.05) is 0 Å². The lowest BCUT2D eigenvalue weighted by Crippen LogP contribution is -2.28. The molecule has 0 aliphatic heterocycles. The molecule has 1 aromatic carbocycles. The Bertz CT molecular complexity index is 668.